The Bertz CT molecular complexity index is 2650. The van der Waals surface area contributed by atoms with Crippen LogP contribution in [0.4, 0.5) is 32.2 Å². The number of rotatable bonds is 10. The molecule has 2 aliphatic rings. The Hall–Kier alpha value is -4.95. The van der Waals surface area contributed by atoms with Gasteiger partial charge in [0, 0.05) is 35.7 Å². The molecule has 1 fully saturated rings. The molecular formula is C33H25ClF6N8O4S2. The molecule has 0 saturated heterocycles. The van der Waals surface area contributed by atoms with Gasteiger partial charge in [-0.2, -0.15) is 24.0 Å². The van der Waals surface area contributed by atoms with Gasteiger partial charge in [0.15, 0.2) is 11.5 Å². The van der Waals surface area contributed by atoms with E-state index < -0.39 is 75.7 Å². The van der Waals surface area contributed by atoms with Crippen molar-refractivity contribution in [3.05, 3.63) is 81.3 Å². The Kier molecular flexibility index (Phi) is 8.38. The van der Waals surface area contributed by atoms with E-state index >= 15 is 8.78 Å². The van der Waals surface area contributed by atoms with E-state index in [1.807, 2.05) is 0 Å². The molecule has 1 saturated carbocycles. The van der Waals surface area contributed by atoms with Gasteiger partial charge >= 0.3 is 0 Å². The lowest BCUT2D eigenvalue weighted by atomic mass is 9.94. The minimum Gasteiger partial charge on any atom is -0.486 e. The molecule has 0 bridgehead atoms. The number of nitrogens with one attached hydrogen (secondary N) is 2. The van der Waals surface area contributed by atoms with Crippen LogP contribution in [0, 0.1) is 17.6 Å². The van der Waals surface area contributed by atoms with Crippen LogP contribution in [0.5, 0.6) is 5.19 Å². The third-order valence-electron chi connectivity index (χ3n) is 9.40. The summed E-state index contributed by atoms with van der Waals surface area (Å²) in [6, 6.07) is 5.96. The lowest BCUT2D eigenvalue weighted by Gasteiger charge is -2.23. The number of carbonyl (C=O) groups is 1. The molecule has 0 radical (unpaired) electrons. The molecule has 2 aliphatic carbocycles. The second-order valence-corrected chi connectivity index (χ2v) is 16.3. The summed E-state index contributed by atoms with van der Waals surface area (Å²) in [5.41, 5.74) is -0.897. The second-order valence-electron chi connectivity index (χ2n) is 13.2. The largest absolute Gasteiger partial charge is 0.486 e. The van der Waals surface area contributed by atoms with E-state index in [1.165, 1.54) is 17.8 Å². The maximum absolute atomic E-state index is 15.3. The van der Waals surface area contributed by atoms with Gasteiger partial charge in [-0.15, -0.1) is 0 Å². The highest BCUT2D eigenvalue weighted by Crippen LogP contribution is 2.68. The van der Waals surface area contributed by atoms with E-state index in [0.717, 1.165) is 29.7 Å². The number of benzene rings is 2. The van der Waals surface area contributed by atoms with Crippen LogP contribution in [0.25, 0.3) is 32.4 Å². The number of alkyl halides is 4. The predicted octanol–water partition coefficient (Wildman–Crippen LogP) is 6.70. The molecule has 8 rings (SSSR count). The quantitative estimate of drug-likeness (QED) is 0.129. The van der Waals surface area contributed by atoms with Crippen molar-refractivity contribution in [2.75, 3.05) is 11.0 Å². The van der Waals surface area contributed by atoms with E-state index in [-0.39, 0.29) is 62.3 Å². The van der Waals surface area contributed by atoms with Gasteiger partial charge < -0.3 is 10.4 Å². The first-order valence-electron chi connectivity index (χ1n) is 16.0. The summed E-state index contributed by atoms with van der Waals surface area (Å²) in [6.45, 7) is -0.916. The fourth-order valence-electron chi connectivity index (χ4n) is 7.32. The molecule has 12 nitrogen and oxygen atoms in total. The zero-order chi connectivity index (χ0) is 38.6. The Morgan fingerprint density at radius 2 is 1.81 bits per heavy atom. The summed E-state index contributed by atoms with van der Waals surface area (Å²) < 4.78 is 117. The molecule has 0 unspecified atom stereocenters. The molecule has 3 atom stereocenters. The number of hydrogen-bond acceptors (Lipinski definition) is 9. The number of amides is 1. The number of hydrogen-bond donors (Lipinski definition) is 3. The Labute approximate surface area is 309 Å². The average molecular weight is 811 g/mol. The molecule has 2 aromatic carbocycles. The van der Waals surface area contributed by atoms with Gasteiger partial charge in [-0.3, -0.25) is 18.9 Å². The van der Waals surface area contributed by atoms with Crippen LogP contribution >= 0.6 is 22.9 Å². The van der Waals surface area contributed by atoms with Gasteiger partial charge in [-0.25, -0.2) is 31.0 Å². The third kappa shape index (κ3) is 6.18. The fraction of sp³-hybridized carbons (Fsp3) is 0.303. The van der Waals surface area contributed by atoms with Crippen molar-refractivity contribution in [3.8, 4) is 16.3 Å². The van der Waals surface area contributed by atoms with Crippen LogP contribution in [-0.4, -0.2) is 55.2 Å². The molecule has 3 N–H and O–H groups in total. The van der Waals surface area contributed by atoms with Crippen molar-refractivity contribution in [2.24, 2.45) is 13.0 Å². The lowest BCUT2D eigenvalue weighted by Crippen LogP contribution is -2.35. The normalized spacial score (nSPS) is 18.0. The monoisotopic (exact) mass is 810 g/mol. The summed E-state index contributed by atoms with van der Waals surface area (Å²) >= 11 is 7.42. The zero-order valence-corrected chi connectivity index (χ0v) is 30.1. The number of thiazole rings is 1. The highest BCUT2D eigenvalue weighted by molar-refractivity contribution is 7.92. The second kappa shape index (κ2) is 12.6. The number of aromatic hydroxyl groups is 1. The van der Waals surface area contributed by atoms with E-state index in [1.54, 1.807) is 12.1 Å². The average Bonchev–Trinajstić information content (AvgIpc) is 3.37. The maximum atomic E-state index is 15.3. The van der Waals surface area contributed by atoms with Gasteiger partial charge in [0.05, 0.1) is 38.6 Å². The number of nitrogens with zero attached hydrogens (tertiary/aromatic N) is 6. The number of carbonyl (C=O) groups excluding carboxylic acids is 1. The standard InChI is InChI=1S/C33H25ClF6N8O4S2/c1-47-27-15(3-4-19(34)24(27)31(45-47)46-54(2,51)52)16-10-21-30(43-32(50)53-21)42-25(16)20(7-12-5-13(35)8-14(36)6-12)41-22(49)11-48-28-23(26(44-48)29(37)38)17-9-18(17)33(28,39)40/h3-6,8,10,17-18,20,29H,7,9,11H2,1-2H3,(H,41,49)(H,45,46)(H,42,43,50)/t17-,18+,20-/m0/s1. The maximum Gasteiger partial charge on any atom is 0.293 e. The lowest BCUT2D eigenvalue weighted by molar-refractivity contribution is -0.123. The summed E-state index contributed by atoms with van der Waals surface area (Å²) in [5.74, 6) is -8.41. The van der Waals surface area contributed by atoms with E-state index in [4.69, 9.17) is 11.6 Å². The van der Waals surface area contributed by atoms with E-state index in [9.17, 15) is 35.9 Å². The molecule has 0 aliphatic heterocycles. The third-order valence-corrected chi connectivity index (χ3v) is 11.1. The van der Waals surface area contributed by atoms with Crippen molar-refractivity contribution < 1.29 is 44.7 Å². The number of sulfonamides is 1. The number of pyridine rings is 1. The first-order chi connectivity index (χ1) is 25.4. The fourth-order valence-corrected chi connectivity index (χ4v) is 8.75. The van der Waals surface area contributed by atoms with E-state index in [0.29, 0.717) is 26.5 Å². The molecule has 4 aromatic heterocycles. The predicted molar refractivity (Wildman–Crippen MR) is 185 cm³/mol. The molecule has 1 amide bonds. The smallest absolute Gasteiger partial charge is 0.293 e. The molecule has 21 heteroatoms. The molecule has 6 aromatic rings. The molecule has 0 spiro atoms. The highest BCUT2D eigenvalue weighted by Gasteiger charge is 2.67. The summed E-state index contributed by atoms with van der Waals surface area (Å²) in [4.78, 5) is 22.5. The van der Waals surface area contributed by atoms with Crippen molar-refractivity contribution in [1.29, 1.82) is 0 Å². The minimum atomic E-state index is -3.83. The van der Waals surface area contributed by atoms with Crippen LogP contribution < -0.4 is 10.0 Å². The van der Waals surface area contributed by atoms with Crippen LogP contribution in [0.15, 0.2) is 36.4 Å². The van der Waals surface area contributed by atoms with Crippen molar-refractivity contribution in [1.82, 2.24) is 34.8 Å². The Balaban J connectivity index is 1.28. The molecule has 54 heavy (non-hydrogen) atoms. The highest BCUT2D eigenvalue weighted by atomic mass is 35.5. The first kappa shape index (κ1) is 36.0. The molecular weight excluding hydrogens is 786 g/mol. The van der Waals surface area contributed by atoms with Crippen LogP contribution in [0.1, 0.15) is 53.0 Å². The van der Waals surface area contributed by atoms with Gasteiger partial charge in [0.2, 0.25) is 15.9 Å². The molecule has 282 valence electrons. The summed E-state index contributed by atoms with van der Waals surface area (Å²) in [7, 11) is -2.31. The Morgan fingerprint density at radius 3 is 2.50 bits per heavy atom. The SMILES string of the molecule is Cn1nc(NS(C)(=O)=O)c2c(Cl)ccc(-c3cc4sc(O)nc4nc3[C@H](Cc3cc(F)cc(F)c3)NC(=O)Cn3nc(C(F)F)c4c3C(F)(F)[C@@H]3C[C@H]43)c21. The van der Waals surface area contributed by atoms with Crippen molar-refractivity contribution >= 4 is 65.9 Å². The summed E-state index contributed by atoms with van der Waals surface area (Å²) in [5, 5.41) is 20.9. The molecule has 4 heterocycles. The van der Waals surface area contributed by atoms with Crippen LogP contribution in [-0.2, 0) is 40.8 Å². The summed E-state index contributed by atoms with van der Waals surface area (Å²) in [6.07, 6.45) is -2.56. The van der Waals surface area contributed by atoms with Gasteiger partial charge in [0.25, 0.3) is 17.5 Å². The topological polar surface area (TPSA) is 157 Å². The first-order valence-corrected chi connectivity index (χ1v) is 19.1. The number of aromatic nitrogens is 6. The van der Waals surface area contributed by atoms with Gasteiger partial charge in [0.1, 0.15) is 29.6 Å². The zero-order valence-electron chi connectivity index (χ0n) is 27.7. The van der Waals surface area contributed by atoms with Crippen molar-refractivity contribution in [2.45, 2.75) is 43.7 Å². The van der Waals surface area contributed by atoms with Gasteiger partial charge in [-0.1, -0.05) is 29.0 Å². The number of halogens is 7. The number of aryl methyl sites for hydroxylation is 1. The Morgan fingerprint density at radius 1 is 1.09 bits per heavy atom. The number of fused-ring (bicyclic) bond motifs is 5. The van der Waals surface area contributed by atoms with Crippen LogP contribution in [0.3, 0.4) is 0 Å². The van der Waals surface area contributed by atoms with E-state index in [2.05, 4.69) is 30.2 Å². The number of anilines is 1. The van der Waals surface area contributed by atoms with Crippen molar-refractivity contribution in [3.63, 3.8) is 0 Å². The van der Waals surface area contributed by atoms with Gasteiger partial charge in [-0.05, 0) is 48.6 Å². The minimum absolute atomic E-state index is 0.0128. The van der Waals surface area contributed by atoms with Crippen LogP contribution in [0.2, 0.25) is 5.02 Å².